The predicted octanol–water partition coefficient (Wildman–Crippen LogP) is 3.51. The SMILES string of the molecule is CNC/C(=C/c1cc(Cl)ccc1[N+](=O)[O-])C(C)C. The summed E-state index contributed by atoms with van der Waals surface area (Å²) in [7, 11) is 1.85. The minimum Gasteiger partial charge on any atom is -0.316 e. The van der Waals surface area contributed by atoms with Gasteiger partial charge in [0.1, 0.15) is 0 Å². The molecule has 0 aliphatic carbocycles. The van der Waals surface area contributed by atoms with Crippen molar-refractivity contribution >= 4 is 23.4 Å². The zero-order chi connectivity index (χ0) is 13.7. The van der Waals surface area contributed by atoms with Gasteiger partial charge in [0.2, 0.25) is 0 Å². The Balaban J connectivity index is 3.25. The van der Waals surface area contributed by atoms with Gasteiger partial charge in [0.05, 0.1) is 10.5 Å². The van der Waals surface area contributed by atoms with Gasteiger partial charge in [0.25, 0.3) is 5.69 Å². The number of benzene rings is 1. The minimum atomic E-state index is -0.389. The van der Waals surface area contributed by atoms with Gasteiger partial charge in [-0.1, -0.05) is 31.0 Å². The molecule has 0 aliphatic rings. The molecule has 1 rings (SSSR count). The molecule has 0 amide bonds. The number of nitro benzene ring substituents is 1. The summed E-state index contributed by atoms with van der Waals surface area (Å²) in [5.41, 5.74) is 1.72. The first kappa shape index (κ1) is 14.7. The topological polar surface area (TPSA) is 55.2 Å². The summed E-state index contributed by atoms with van der Waals surface area (Å²) in [4.78, 5) is 10.6. The molecule has 98 valence electrons. The van der Waals surface area contributed by atoms with Gasteiger partial charge < -0.3 is 5.32 Å². The minimum absolute atomic E-state index is 0.0775. The fourth-order valence-corrected chi connectivity index (χ4v) is 1.81. The lowest BCUT2D eigenvalue weighted by molar-refractivity contribution is -0.385. The van der Waals surface area contributed by atoms with Gasteiger partial charge in [-0.3, -0.25) is 10.1 Å². The quantitative estimate of drug-likeness (QED) is 0.657. The van der Waals surface area contributed by atoms with Crippen LogP contribution in [-0.2, 0) is 0 Å². The lowest BCUT2D eigenvalue weighted by Gasteiger charge is -2.11. The molecular weight excluding hydrogens is 252 g/mol. The molecule has 0 bridgehead atoms. The molecule has 0 aliphatic heterocycles. The zero-order valence-corrected chi connectivity index (χ0v) is 11.5. The van der Waals surface area contributed by atoms with Gasteiger partial charge in [-0.15, -0.1) is 0 Å². The molecule has 0 spiro atoms. The standard InChI is InChI=1S/C13H17ClN2O2/c1-9(2)11(8-15-3)6-10-7-12(14)4-5-13(10)16(17)18/h4-7,9,15H,8H2,1-3H3/b11-6-. The zero-order valence-electron chi connectivity index (χ0n) is 10.7. The van der Waals surface area contributed by atoms with Crippen molar-refractivity contribution in [1.82, 2.24) is 5.32 Å². The Morgan fingerprint density at radius 2 is 2.22 bits per heavy atom. The Hall–Kier alpha value is -1.39. The number of halogens is 1. The van der Waals surface area contributed by atoms with Gasteiger partial charge in [-0.2, -0.15) is 0 Å². The molecule has 0 heterocycles. The number of nitro groups is 1. The molecule has 0 aromatic heterocycles. The number of nitrogens with one attached hydrogen (secondary N) is 1. The molecule has 0 radical (unpaired) electrons. The molecule has 5 heteroatoms. The average Bonchev–Trinajstić information content (AvgIpc) is 2.28. The van der Waals surface area contributed by atoms with E-state index in [1.807, 2.05) is 13.1 Å². The highest BCUT2D eigenvalue weighted by Crippen LogP contribution is 2.26. The number of rotatable bonds is 5. The number of likely N-dealkylation sites (N-methyl/N-ethyl adjacent to an activating group) is 1. The van der Waals surface area contributed by atoms with E-state index in [0.717, 1.165) is 5.57 Å². The molecule has 1 N–H and O–H groups in total. The maximum Gasteiger partial charge on any atom is 0.276 e. The van der Waals surface area contributed by atoms with Crippen LogP contribution < -0.4 is 5.32 Å². The number of hydrogen-bond donors (Lipinski definition) is 1. The average molecular weight is 269 g/mol. The van der Waals surface area contributed by atoms with E-state index in [2.05, 4.69) is 19.2 Å². The van der Waals surface area contributed by atoms with Crippen LogP contribution in [0.3, 0.4) is 0 Å². The van der Waals surface area contributed by atoms with E-state index in [-0.39, 0.29) is 10.6 Å². The van der Waals surface area contributed by atoms with Crippen molar-refractivity contribution in [2.45, 2.75) is 13.8 Å². The van der Waals surface area contributed by atoms with E-state index in [4.69, 9.17) is 11.6 Å². The molecular formula is C13H17ClN2O2. The summed E-state index contributed by atoms with van der Waals surface area (Å²) in [6.07, 6.45) is 1.84. The van der Waals surface area contributed by atoms with E-state index in [0.29, 0.717) is 23.0 Å². The first-order chi connectivity index (χ1) is 8.45. The summed E-state index contributed by atoms with van der Waals surface area (Å²) >= 11 is 5.89. The van der Waals surface area contributed by atoms with Crippen LogP contribution in [0, 0.1) is 16.0 Å². The highest BCUT2D eigenvalue weighted by molar-refractivity contribution is 6.30. The molecule has 1 aromatic carbocycles. The third-order valence-corrected chi connectivity index (χ3v) is 2.88. The van der Waals surface area contributed by atoms with Crippen LogP contribution in [0.5, 0.6) is 0 Å². The smallest absolute Gasteiger partial charge is 0.276 e. The van der Waals surface area contributed by atoms with Crippen LogP contribution in [0.15, 0.2) is 23.8 Å². The first-order valence-electron chi connectivity index (χ1n) is 5.74. The number of nitrogens with zero attached hydrogens (tertiary/aromatic N) is 1. The highest BCUT2D eigenvalue weighted by Gasteiger charge is 2.13. The third-order valence-electron chi connectivity index (χ3n) is 2.65. The second-order valence-corrected chi connectivity index (χ2v) is 4.80. The Kier molecular flexibility index (Phi) is 5.31. The number of hydrogen-bond acceptors (Lipinski definition) is 3. The van der Waals surface area contributed by atoms with Crippen molar-refractivity contribution in [2.75, 3.05) is 13.6 Å². The van der Waals surface area contributed by atoms with Crippen molar-refractivity contribution < 1.29 is 4.92 Å². The second kappa shape index (κ2) is 6.52. The lowest BCUT2D eigenvalue weighted by Crippen LogP contribution is -2.14. The first-order valence-corrected chi connectivity index (χ1v) is 6.12. The molecule has 4 nitrogen and oxygen atoms in total. The van der Waals surface area contributed by atoms with Crippen molar-refractivity contribution in [1.29, 1.82) is 0 Å². The fourth-order valence-electron chi connectivity index (χ4n) is 1.63. The summed E-state index contributed by atoms with van der Waals surface area (Å²) in [6, 6.07) is 4.59. The summed E-state index contributed by atoms with van der Waals surface area (Å²) in [5.74, 6) is 0.316. The molecule has 0 atom stereocenters. The van der Waals surface area contributed by atoms with Crippen LogP contribution in [0.4, 0.5) is 5.69 Å². The molecule has 1 aromatic rings. The van der Waals surface area contributed by atoms with E-state index < -0.39 is 0 Å². The fraction of sp³-hybridized carbons (Fsp3) is 0.385. The Labute approximate surface area is 112 Å². The molecule has 0 saturated carbocycles. The van der Waals surface area contributed by atoms with E-state index in [1.165, 1.54) is 12.1 Å². The van der Waals surface area contributed by atoms with Crippen molar-refractivity contribution in [3.05, 3.63) is 44.5 Å². The van der Waals surface area contributed by atoms with Gasteiger partial charge in [-0.25, -0.2) is 0 Å². The molecule has 18 heavy (non-hydrogen) atoms. The Bertz CT molecular complexity index is 470. The van der Waals surface area contributed by atoms with E-state index in [1.54, 1.807) is 6.07 Å². The molecule has 0 saturated heterocycles. The maximum atomic E-state index is 11.0. The lowest BCUT2D eigenvalue weighted by atomic mass is 9.99. The predicted molar refractivity (Wildman–Crippen MR) is 74.8 cm³/mol. The third kappa shape index (κ3) is 3.82. The van der Waals surface area contributed by atoms with Crippen molar-refractivity contribution in [3.63, 3.8) is 0 Å². The van der Waals surface area contributed by atoms with Crippen LogP contribution in [-0.4, -0.2) is 18.5 Å². The molecule has 0 fully saturated rings. The summed E-state index contributed by atoms with van der Waals surface area (Å²) in [6.45, 7) is 4.81. The highest BCUT2D eigenvalue weighted by atomic mass is 35.5. The summed E-state index contributed by atoms with van der Waals surface area (Å²) < 4.78 is 0. The Morgan fingerprint density at radius 1 is 1.56 bits per heavy atom. The van der Waals surface area contributed by atoms with Gasteiger partial charge in [0, 0.05) is 17.6 Å². The van der Waals surface area contributed by atoms with Gasteiger partial charge in [0.15, 0.2) is 0 Å². The van der Waals surface area contributed by atoms with Crippen LogP contribution in [0.25, 0.3) is 6.08 Å². The van der Waals surface area contributed by atoms with E-state index in [9.17, 15) is 10.1 Å². The maximum absolute atomic E-state index is 11.0. The van der Waals surface area contributed by atoms with Crippen LogP contribution in [0.1, 0.15) is 19.4 Å². The van der Waals surface area contributed by atoms with Crippen LogP contribution in [0.2, 0.25) is 5.02 Å². The summed E-state index contributed by atoms with van der Waals surface area (Å²) in [5, 5.41) is 14.5. The van der Waals surface area contributed by atoms with Gasteiger partial charge in [-0.05, 0) is 31.2 Å². The van der Waals surface area contributed by atoms with E-state index >= 15 is 0 Å². The van der Waals surface area contributed by atoms with Crippen molar-refractivity contribution in [2.24, 2.45) is 5.92 Å². The van der Waals surface area contributed by atoms with Crippen molar-refractivity contribution in [3.8, 4) is 0 Å². The largest absolute Gasteiger partial charge is 0.316 e. The van der Waals surface area contributed by atoms with Crippen LogP contribution >= 0.6 is 11.6 Å². The van der Waals surface area contributed by atoms with Gasteiger partial charge >= 0.3 is 0 Å². The molecule has 0 unspecified atom stereocenters. The monoisotopic (exact) mass is 268 g/mol. The second-order valence-electron chi connectivity index (χ2n) is 4.36. The normalized spacial score (nSPS) is 11.9. The Morgan fingerprint density at radius 3 is 2.72 bits per heavy atom.